The fourth-order valence-electron chi connectivity index (χ4n) is 1.63. The van der Waals surface area contributed by atoms with Crippen LogP contribution in [0.25, 0.3) is 10.9 Å². The maximum absolute atomic E-state index is 11.6. The highest BCUT2D eigenvalue weighted by atomic mass is 79.9. The van der Waals surface area contributed by atoms with E-state index < -0.39 is 10.5 Å². The Morgan fingerprint density at radius 1 is 1.27 bits per heavy atom. The van der Waals surface area contributed by atoms with Gasteiger partial charge in [-0.05, 0) is 6.07 Å². The van der Waals surface area contributed by atoms with Gasteiger partial charge in [-0.2, -0.15) is 0 Å². The van der Waals surface area contributed by atoms with E-state index in [1.165, 1.54) is 0 Å². The minimum absolute atomic E-state index is 0.440. The summed E-state index contributed by atoms with van der Waals surface area (Å²) in [5.41, 5.74) is 1.38. The number of ketones is 1. The topological polar surface area (TPSA) is 39.1 Å². The standard InChI is InChI=1S/C11H8BrNO2/c1-13-6-8(10(14)11(12)15)7-4-2-3-5-9(7)13/h2-6H,1H3. The largest absolute Gasteiger partial charge is 0.350 e. The Labute approximate surface area is 94.8 Å². The van der Waals surface area contributed by atoms with Crippen molar-refractivity contribution in [1.29, 1.82) is 0 Å². The van der Waals surface area contributed by atoms with Crippen molar-refractivity contribution >= 4 is 37.3 Å². The number of fused-ring (bicyclic) bond motifs is 1. The van der Waals surface area contributed by atoms with Gasteiger partial charge in [0.25, 0.3) is 4.69 Å². The molecular formula is C11H8BrNO2. The van der Waals surface area contributed by atoms with E-state index in [1.807, 2.05) is 35.9 Å². The minimum atomic E-state index is -0.612. The first-order valence-corrected chi connectivity index (χ1v) is 5.19. The lowest BCUT2D eigenvalue weighted by Gasteiger charge is -1.93. The van der Waals surface area contributed by atoms with Gasteiger partial charge in [0.2, 0.25) is 5.78 Å². The molecule has 0 saturated heterocycles. The normalized spacial score (nSPS) is 10.5. The van der Waals surface area contributed by atoms with Gasteiger partial charge in [0.15, 0.2) is 0 Å². The smallest absolute Gasteiger partial charge is 0.268 e. The lowest BCUT2D eigenvalue weighted by atomic mass is 10.1. The summed E-state index contributed by atoms with van der Waals surface area (Å²) >= 11 is 2.67. The predicted molar refractivity (Wildman–Crippen MR) is 61.2 cm³/mol. The average molecular weight is 266 g/mol. The van der Waals surface area contributed by atoms with Gasteiger partial charge in [-0.25, -0.2) is 0 Å². The van der Waals surface area contributed by atoms with Crippen LogP contribution in [0.2, 0.25) is 0 Å². The molecule has 76 valence electrons. The molecule has 1 aromatic carbocycles. The number of hydrogen-bond acceptors (Lipinski definition) is 2. The molecule has 2 aromatic rings. The van der Waals surface area contributed by atoms with E-state index in [4.69, 9.17) is 0 Å². The highest BCUT2D eigenvalue weighted by molar-refractivity contribution is 9.19. The summed E-state index contributed by atoms with van der Waals surface area (Å²) in [5.74, 6) is -0.508. The number of para-hydroxylation sites is 1. The molecule has 0 atom stereocenters. The van der Waals surface area contributed by atoms with Gasteiger partial charge in [0, 0.05) is 40.1 Å². The molecule has 15 heavy (non-hydrogen) atoms. The Hall–Kier alpha value is -1.42. The van der Waals surface area contributed by atoms with Crippen LogP contribution in [0, 0.1) is 0 Å². The van der Waals surface area contributed by atoms with Gasteiger partial charge >= 0.3 is 0 Å². The van der Waals surface area contributed by atoms with Crippen LogP contribution in [0.4, 0.5) is 0 Å². The number of benzene rings is 1. The number of halogens is 1. The minimum Gasteiger partial charge on any atom is -0.350 e. The van der Waals surface area contributed by atoms with Crippen LogP contribution in [0.3, 0.4) is 0 Å². The van der Waals surface area contributed by atoms with Crippen LogP contribution in [-0.2, 0) is 11.8 Å². The van der Waals surface area contributed by atoms with Crippen molar-refractivity contribution in [2.75, 3.05) is 0 Å². The number of carbonyl (C=O) groups excluding carboxylic acids is 2. The molecule has 0 saturated carbocycles. The second-order valence-electron chi connectivity index (χ2n) is 3.27. The molecule has 2 rings (SSSR count). The number of carbonyl (C=O) groups is 2. The first-order valence-electron chi connectivity index (χ1n) is 4.39. The number of Topliss-reactive ketones (excluding diaryl/α,β-unsaturated/α-hetero) is 1. The summed E-state index contributed by atoms with van der Waals surface area (Å²) in [6, 6.07) is 7.48. The summed E-state index contributed by atoms with van der Waals surface area (Å²) in [6.45, 7) is 0. The van der Waals surface area contributed by atoms with Gasteiger partial charge < -0.3 is 4.57 Å². The molecule has 1 heterocycles. The Morgan fingerprint density at radius 2 is 1.93 bits per heavy atom. The zero-order valence-corrected chi connectivity index (χ0v) is 9.61. The van der Waals surface area contributed by atoms with Gasteiger partial charge in [-0.1, -0.05) is 18.2 Å². The van der Waals surface area contributed by atoms with E-state index in [0.29, 0.717) is 5.56 Å². The molecule has 0 unspecified atom stereocenters. The molecule has 4 heteroatoms. The SMILES string of the molecule is Cn1cc(C(=O)C(=O)Br)c2ccccc21. The van der Waals surface area contributed by atoms with E-state index >= 15 is 0 Å². The summed E-state index contributed by atoms with van der Waals surface area (Å²) in [7, 11) is 1.85. The number of hydrogen-bond donors (Lipinski definition) is 0. The second-order valence-corrected chi connectivity index (χ2v) is 3.99. The Kier molecular flexibility index (Phi) is 2.44. The summed E-state index contributed by atoms with van der Waals surface area (Å²) in [5, 5.41) is 0.804. The molecule has 3 nitrogen and oxygen atoms in total. The third-order valence-electron chi connectivity index (χ3n) is 2.32. The molecule has 0 bridgehead atoms. The first kappa shape index (κ1) is 10.1. The number of aryl methyl sites for hydroxylation is 1. The molecule has 1 aromatic heterocycles. The summed E-state index contributed by atoms with van der Waals surface area (Å²) in [6.07, 6.45) is 1.67. The third-order valence-corrected chi connectivity index (χ3v) is 2.68. The number of aromatic nitrogens is 1. The Bertz CT molecular complexity index is 557. The van der Waals surface area contributed by atoms with Crippen LogP contribution >= 0.6 is 15.9 Å². The van der Waals surface area contributed by atoms with Crippen LogP contribution < -0.4 is 0 Å². The van der Waals surface area contributed by atoms with Crippen molar-refractivity contribution in [2.45, 2.75) is 0 Å². The van der Waals surface area contributed by atoms with E-state index in [1.54, 1.807) is 6.20 Å². The van der Waals surface area contributed by atoms with Crippen molar-refractivity contribution in [3.63, 3.8) is 0 Å². The molecule has 0 spiro atoms. The molecule has 0 fully saturated rings. The lowest BCUT2D eigenvalue weighted by Crippen LogP contribution is -2.05. The van der Waals surface area contributed by atoms with E-state index in [-0.39, 0.29) is 0 Å². The van der Waals surface area contributed by atoms with Crippen molar-refractivity contribution in [3.05, 3.63) is 36.0 Å². The Balaban J connectivity index is 2.72. The molecule has 0 N–H and O–H groups in total. The number of nitrogens with zero attached hydrogens (tertiary/aromatic N) is 1. The highest BCUT2D eigenvalue weighted by Gasteiger charge is 2.18. The van der Waals surface area contributed by atoms with Gasteiger partial charge in [-0.15, -0.1) is 0 Å². The maximum Gasteiger partial charge on any atom is 0.268 e. The average Bonchev–Trinajstić information content (AvgIpc) is 2.56. The van der Waals surface area contributed by atoms with Gasteiger partial charge in [0.1, 0.15) is 0 Å². The lowest BCUT2D eigenvalue weighted by molar-refractivity contribution is -0.106. The van der Waals surface area contributed by atoms with Crippen molar-refractivity contribution < 1.29 is 9.59 Å². The van der Waals surface area contributed by atoms with Crippen LogP contribution in [0.5, 0.6) is 0 Å². The summed E-state index contributed by atoms with van der Waals surface area (Å²) < 4.78 is 1.22. The second kappa shape index (κ2) is 3.62. The maximum atomic E-state index is 11.6. The number of rotatable bonds is 2. The molecule has 0 radical (unpaired) electrons. The summed E-state index contributed by atoms with van der Waals surface area (Å²) in [4.78, 5) is 22.5. The van der Waals surface area contributed by atoms with Gasteiger partial charge in [-0.3, -0.25) is 9.59 Å². The van der Waals surface area contributed by atoms with Crippen LogP contribution in [-0.4, -0.2) is 15.0 Å². The van der Waals surface area contributed by atoms with E-state index in [2.05, 4.69) is 15.9 Å². The third kappa shape index (κ3) is 1.61. The fourth-order valence-corrected chi connectivity index (χ4v) is 1.84. The van der Waals surface area contributed by atoms with Crippen LogP contribution in [0.15, 0.2) is 30.5 Å². The van der Waals surface area contributed by atoms with Crippen molar-refractivity contribution in [2.24, 2.45) is 7.05 Å². The van der Waals surface area contributed by atoms with E-state index in [0.717, 1.165) is 10.9 Å². The van der Waals surface area contributed by atoms with Gasteiger partial charge in [0.05, 0.1) is 5.56 Å². The zero-order chi connectivity index (χ0) is 11.0. The molecule has 0 aliphatic heterocycles. The molecule has 0 amide bonds. The first-order chi connectivity index (χ1) is 7.11. The Morgan fingerprint density at radius 3 is 2.60 bits per heavy atom. The highest BCUT2D eigenvalue weighted by Crippen LogP contribution is 2.21. The molecule has 0 aliphatic carbocycles. The van der Waals surface area contributed by atoms with Crippen molar-refractivity contribution in [3.8, 4) is 0 Å². The molecular weight excluding hydrogens is 258 g/mol. The zero-order valence-electron chi connectivity index (χ0n) is 8.03. The predicted octanol–water partition coefficient (Wildman–Crippen LogP) is 2.28. The van der Waals surface area contributed by atoms with Crippen LogP contribution in [0.1, 0.15) is 10.4 Å². The van der Waals surface area contributed by atoms with Crippen molar-refractivity contribution in [1.82, 2.24) is 4.57 Å². The molecule has 0 aliphatic rings. The quantitative estimate of drug-likeness (QED) is 0.475. The fraction of sp³-hybridized carbons (Fsp3) is 0.0909. The monoisotopic (exact) mass is 265 g/mol. The van der Waals surface area contributed by atoms with E-state index in [9.17, 15) is 9.59 Å².